The SMILES string of the molecule is CCN(CC1CCC1)S(=O)(=O)c1cnn(CCN)c1. The molecule has 0 radical (unpaired) electrons. The first-order valence-corrected chi connectivity index (χ1v) is 8.24. The van der Waals surface area contributed by atoms with Crippen LogP contribution in [0.15, 0.2) is 17.3 Å². The minimum absolute atomic E-state index is 0.266. The number of hydrogen-bond donors (Lipinski definition) is 1. The zero-order chi connectivity index (χ0) is 13.9. The number of hydrogen-bond acceptors (Lipinski definition) is 4. The molecule has 19 heavy (non-hydrogen) atoms. The molecule has 2 N–H and O–H groups in total. The molecule has 0 bridgehead atoms. The summed E-state index contributed by atoms with van der Waals surface area (Å²) in [4.78, 5) is 0.266. The third-order valence-electron chi connectivity index (χ3n) is 3.64. The Hall–Kier alpha value is -0.920. The molecule has 0 amide bonds. The lowest BCUT2D eigenvalue weighted by Crippen LogP contribution is -2.37. The first-order valence-electron chi connectivity index (χ1n) is 6.80. The van der Waals surface area contributed by atoms with Crippen LogP contribution in [0, 0.1) is 5.92 Å². The van der Waals surface area contributed by atoms with Crippen molar-refractivity contribution in [2.75, 3.05) is 19.6 Å². The van der Waals surface area contributed by atoms with Crippen molar-refractivity contribution in [3.05, 3.63) is 12.4 Å². The smallest absolute Gasteiger partial charge is 0.246 e. The van der Waals surface area contributed by atoms with Crippen LogP contribution in [0.2, 0.25) is 0 Å². The van der Waals surface area contributed by atoms with Crippen LogP contribution in [0.25, 0.3) is 0 Å². The fourth-order valence-corrected chi connectivity index (χ4v) is 3.72. The molecule has 1 aliphatic carbocycles. The Morgan fingerprint density at radius 3 is 2.79 bits per heavy atom. The van der Waals surface area contributed by atoms with Gasteiger partial charge in [-0.25, -0.2) is 8.42 Å². The van der Waals surface area contributed by atoms with Crippen molar-refractivity contribution in [1.82, 2.24) is 14.1 Å². The molecule has 1 aliphatic rings. The number of sulfonamides is 1. The second-order valence-electron chi connectivity index (χ2n) is 4.98. The molecule has 1 saturated carbocycles. The van der Waals surface area contributed by atoms with Gasteiger partial charge in [0.05, 0.1) is 12.7 Å². The molecule has 6 nitrogen and oxygen atoms in total. The van der Waals surface area contributed by atoms with Crippen LogP contribution < -0.4 is 5.73 Å². The van der Waals surface area contributed by atoms with Crippen molar-refractivity contribution in [1.29, 1.82) is 0 Å². The van der Waals surface area contributed by atoms with Gasteiger partial charge < -0.3 is 5.73 Å². The van der Waals surface area contributed by atoms with Gasteiger partial charge >= 0.3 is 0 Å². The highest BCUT2D eigenvalue weighted by atomic mass is 32.2. The molecule has 0 unspecified atom stereocenters. The second-order valence-corrected chi connectivity index (χ2v) is 6.92. The molecular formula is C12H22N4O2S. The Kier molecular flexibility index (Phi) is 4.59. The molecule has 0 spiro atoms. The standard InChI is InChI=1S/C12H22N4O2S/c1-2-16(9-11-4-3-5-11)19(17,18)12-8-14-15(10-12)7-6-13/h8,10-11H,2-7,9,13H2,1H3. The van der Waals surface area contributed by atoms with E-state index < -0.39 is 10.0 Å². The number of rotatable bonds is 7. The lowest BCUT2D eigenvalue weighted by Gasteiger charge is -2.30. The average Bonchev–Trinajstić information content (AvgIpc) is 2.77. The lowest BCUT2D eigenvalue weighted by atomic mass is 9.85. The van der Waals surface area contributed by atoms with Gasteiger partial charge in [0.1, 0.15) is 4.90 Å². The maximum absolute atomic E-state index is 12.5. The van der Waals surface area contributed by atoms with Crippen LogP contribution in [-0.2, 0) is 16.6 Å². The molecule has 1 fully saturated rings. The highest BCUT2D eigenvalue weighted by Gasteiger charge is 2.29. The molecule has 0 saturated heterocycles. The summed E-state index contributed by atoms with van der Waals surface area (Å²) in [5, 5.41) is 4.03. The quantitative estimate of drug-likeness (QED) is 0.798. The van der Waals surface area contributed by atoms with Crippen LogP contribution >= 0.6 is 0 Å². The number of nitrogens with two attached hydrogens (primary N) is 1. The fraction of sp³-hybridized carbons (Fsp3) is 0.750. The second kappa shape index (κ2) is 6.02. The van der Waals surface area contributed by atoms with Gasteiger partial charge in [-0.05, 0) is 18.8 Å². The summed E-state index contributed by atoms with van der Waals surface area (Å²) in [6.45, 7) is 3.98. The minimum atomic E-state index is -3.41. The minimum Gasteiger partial charge on any atom is -0.329 e. The van der Waals surface area contributed by atoms with Crippen LogP contribution in [0.5, 0.6) is 0 Å². The van der Waals surface area contributed by atoms with E-state index in [0.29, 0.717) is 32.1 Å². The first-order chi connectivity index (χ1) is 9.07. The summed E-state index contributed by atoms with van der Waals surface area (Å²) in [6.07, 6.45) is 6.47. The zero-order valence-electron chi connectivity index (χ0n) is 11.3. The first kappa shape index (κ1) is 14.5. The van der Waals surface area contributed by atoms with E-state index in [1.165, 1.54) is 12.6 Å². The van der Waals surface area contributed by atoms with E-state index in [9.17, 15) is 8.42 Å². The molecule has 108 valence electrons. The van der Waals surface area contributed by atoms with Gasteiger partial charge in [-0.2, -0.15) is 9.40 Å². The van der Waals surface area contributed by atoms with E-state index in [0.717, 1.165) is 12.8 Å². The maximum Gasteiger partial charge on any atom is 0.246 e. The molecule has 0 aliphatic heterocycles. The molecule has 1 heterocycles. The van der Waals surface area contributed by atoms with Crippen molar-refractivity contribution in [2.45, 2.75) is 37.6 Å². The van der Waals surface area contributed by atoms with Crippen molar-refractivity contribution < 1.29 is 8.42 Å². The molecule has 1 aromatic heterocycles. The molecule has 0 aromatic carbocycles. The Balaban J connectivity index is 2.13. The van der Waals surface area contributed by atoms with Crippen LogP contribution in [-0.4, -0.2) is 42.1 Å². The Morgan fingerprint density at radius 2 is 2.26 bits per heavy atom. The molecule has 1 aromatic rings. The van der Waals surface area contributed by atoms with Gasteiger partial charge in [-0.15, -0.1) is 0 Å². The van der Waals surface area contributed by atoms with Crippen molar-refractivity contribution in [3.8, 4) is 0 Å². The van der Waals surface area contributed by atoms with Crippen molar-refractivity contribution in [3.63, 3.8) is 0 Å². The summed E-state index contributed by atoms with van der Waals surface area (Å²) in [7, 11) is -3.41. The highest BCUT2D eigenvalue weighted by Crippen LogP contribution is 2.28. The summed E-state index contributed by atoms with van der Waals surface area (Å²) in [5.41, 5.74) is 5.44. The third kappa shape index (κ3) is 3.16. The van der Waals surface area contributed by atoms with Gasteiger partial charge in [0.25, 0.3) is 0 Å². The predicted molar refractivity (Wildman–Crippen MR) is 73.1 cm³/mol. The van der Waals surface area contributed by atoms with Crippen molar-refractivity contribution >= 4 is 10.0 Å². The largest absolute Gasteiger partial charge is 0.329 e. The summed E-state index contributed by atoms with van der Waals surface area (Å²) >= 11 is 0. The Labute approximate surface area is 114 Å². The van der Waals surface area contributed by atoms with E-state index in [1.807, 2.05) is 6.92 Å². The highest BCUT2D eigenvalue weighted by molar-refractivity contribution is 7.89. The van der Waals surface area contributed by atoms with Gasteiger partial charge in [-0.3, -0.25) is 4.68 Å². The zero-order valence-corrected chi connectivity index (χ0v) is 12.1. The molecule has 7 heteroatoms. The fourth-order valence-electron chi connectivity index (χ4n) is 2.24. The normalized spacial score (nSPS) is 16.8. The van der Waals surface area contributed by atoms with Gasteiger partial charge in [-0.1, -0.05) is 13.3 Å². The third-order valence-corrected chi connectivity index (χ3v) is 5.54. The Bertz CT molecular complexity index is 508. The number of aromatic nitrogens is 2. The monoisotopic (exact) mass is 286 g/mol. The Morgan fingerprint density at radius 1 is 1.53 bits per heavy atom. The van der Waals surface area contributed by atoms with E-state index in [4.69, 9.17) is 5.73 Å². The summed E-state index contributed by atoms with van der Waals surface area (Å²) < 4.78 is 28.1. The summed E-state index contributed by atoms with van der Waals surface area (Å²) in [5.74, 6) is 0.522. The van der Waals surface area contributed by atoms with Gasteiger partial charge in [0, 0.05) is 25.8 Å². The van der Waals surface area contributed by atoms with Gasteiger partial charge in [0.2, 0.25) is 10.0 Å². The molecular weight excluding hydrogens is 264 g/mol. The van der Waals surface area contributed by atoms with E-state index >= 15 is 0 Å². The van der Waals surface area contributed by atoms with Crippen molar-refractivity contribution in [2.24, 2.45) is 11.7 Å². The topological polar surface area (TPSA) is 81.2 Å². The van der Waals surface area contributed by atoms with E-state index in [2.05, 4.69) is 5.10 Å². The molecule has 2 rings (SSSR count). The van der Waals surface area contributed by atoms with Crippen LogP contribution in [0.4, 0.5) is 0 Å². The lowest BCUT2D eigenvalue weighted by molar-refractivity contribution is 0.250. The van der Waals surface area contributed by atoms with Gasteiger partial charge in [0.15, 0.2) is 0 Å². The average molecular weight is 286 g/mol. The molecule has 0 atom stereocenters. The van der Waals surface area contributed by atoms with E-state index in [-0.39, 0.29) is 4.90 Å². The van der Waals surface area contributed by atoms with Crippen LogP contribution in [0.3, 0.4) is 0 Å². The summed E-state index contributed by atoms with van der Waals surface area (Å²) in [6, 6.07) is 0. The predicted octanol–water partition coefficient (Wildman–Crippen LogP) is 0.653. The number of nitrogens with zero attached hydrogens (tertiary/aromatic N) is 3. The van der Waals surface area contributed by atoms with E-state index in [1.54, 1.807) is 15.2 Å². The maximum atomic E-state index is 12.5. The van der Waals surface area contributed by atoms with Crippen LogP contribution in [0.1, 0.15) is 26.2 Å².